The van der Waals surface area contributed by atoms with E-state index in [-0.39, 0.29) is 5.75 Å². The minimum absolute atomic E-state index is 0.0269. The molecule has 12 nitrogen and oxygen atoms in total. The number of alkyl halides is 3. The van der Waals surface area contributed by atoms with Gasteiger partial charge in [0.05, 0.1) is 12.7 Å². The lowest BCUT2D eigenvalue weighted by atomic mass is 9.98. The number of nitrogens with zero attached hydrogens (tertiary/aromatic N) is 1. The Labute approximate surface area is 247 Å². The van der Waals surface area contributed by atoms with Gasteiger partial charge in [-0.1, -0.05) is 48.0 Å². The standard InChI is InChI=1S/C26H28ClF3N3O9P/c1-13(2)40-23(36)14(3)32-43(38,42-18-10-6-8-15-7-4-5-9-16(15)18)39-12-26(24(29)30)20(28)19(34)22(41-26)33-11-17(27)21(35)31-25(33)37/h4-11,13-14,19-20,22,24,34H,12H2,1-3H3,(H,32,38)(H,31,35,37)/t14-,19+,20+,22+,26+,43?/m0/s1. The van der Waals surface area contributed by atoms with Crippen molar-refractivity contribution in [1.82, 2.24) is 14.6 Å². The Balaban J connectivity index is 1.69. The lowest BCUT2D eigenvalue weighted by Crippen LogP contribution is -2.51. The van der Waals surface area contributed by atoms with Crippen LogP contribution in [0.1, 0.15) is 27.0 Å². The summed E-state index contributed by atoms with van der Waals surface area (Å²) in [5, 5.41) is 13.4. The summed E-state index contributed by atoms with van der Waals surface area (Å²) < 4.78 is 80.4. The largest absolute Gasteiger partial charge is 0.462 e. The van der Waals surface area contributed by atoms with Crippen LogP contribution in [-0.4, -0.2) is 63.7 Å². The van der Waals surface area contributed by atoms with Crippen molar-refractivity contribution in [2.45, 2.75) is 63.4 Å². The van der Waals surface area contributed by atoms with Gasteiger partial charge in [-0.05, 0) is 32.2 Å². The van der Waals surface area contributed by atoms with Crippen molar-refractivity contribution < 1.29 is 46.2 Å². The van der Waals surface area contributed by atoms with E-state index in [1.807, 2.05) is 0 Å². The number of aliphatic hydroxyl groups excluding tert-OH is 1. The van der Waals surface area contributed by atoms with Crippen LogP contribution in [0.4, 0.5) is 13.2 Å². The summed E-state index contributed by atoms with van der Waals surface area (Å²) in [7, 11) is -4.85. The van der Waals surface area contributed by atoms with Crippen molar-refractivity contribution in [2.24, 2.45) is 0 Å². The molecule has 0 amide bonds. The lowest BCUT2D eigenvalue weighted by molar-refractivity contribution is -0.183. The van der Waals surface area contributed by atoms with E-state index < -0.39 is 79.3 Å². The van der Waals surface area contributed by atoms with Gasteiger partial charge in [0.25, 0.3) is 12.0 Å². The number of benzene rings is 2. The molecule has 1 saturated heterocycles. The number of esters is 1. The van der Waals surface area contributed by atoms with Crippen LogP contribution >= 0.6 is 19.3 Å². The van der Waals surface area contributed by atoms with Gasteiger partial charge in [0.15, 0.2) is 18.0 Å². The van der Waals surface area contributed by atoms with E-state index in [1.54, 1.807) is 55.2 Å². The first-order valence-electron chi connectivity index (χ1n) is 12.9. The second-order valence-corrected chi connectivity index (χ2v) is 12.1. The fourth-order valence-electron chi connectivity index (χ4n) is 4.32. The highest BCUT2D eigenvalue weighted by atomic mass is 35.5. The fraction of sp³-hybridized carbons (Fsp3) is 0.423. The Morgan fingerprint density at radius 2 is 1.88 bits per heavy atom. The first-order chi connectivity index (χ1) is 20.2. The number of carbonyl (C=O) groups excluding carboxylic acids is 1. The predicted octanol–water partition coefficient (Wildman–Crippen LogP) is 3.71. The zero-order chi connectivity index (χ0) is 31.7. The molecular weight excluding hydrogens is 622 g/mol. The molecule has 3 N–H and O–H groups in total. The zero-order valence-electron chi connectivity index (χ0n) is 22.9. The fourth-order valence-corrected chi connectivity index (χ4v) is 6.02. The molecule has 1 fully saturated rings. The zero-order valence-corrected chi connectivity index (χ0v) is 24.6. The maximum Gasteiger partial charge on any atom is 0.459 e. The molecular formula is C26H28ClF3N3O9P. The van der Waals surface area contributed by atoms with Crippen molar-refractivity contribution in [3.63, 3.8) is 0 Å². The summed E-state index contributed by atoms with van der Waals surface area (Å²) in [6.07, 6.45) is -11.0. The van der Waals surface area contributed by atoms with Gasteiger partial charge >= 0.3 is 19.4 Å². The number of aliphatic hydroxyl groups is 1. The number of ether oxygens (including phenoxy) is 2. The molecule has 0 aliphatic carbocycles. The van der Waals surface area contributed by atoms with Crippen LogP contribution in [0.15, 0.2) is 58.3 Å². The molecule has 3 aromatic rings. The third-order valence-electron chi connectivity index (χ3n) is 6.45. The van der Waals surface area contributed by atoms with Crippen LogP contribution in [-0.2, 0) is 23.4 Å². The first-order valence-corrected chi connectivity index (χ1v) is 14.8. The molecule has 1 unspecified atom stereocenters. The van der Waals surface area contributed by atoms with Crippen molar-refractivity contribution in [3.8, 4) is 5.75 Å². The molecule has 4 rings (SSSR count). The maximum atomic E-state index is 15.5. The van der Waals surface area contributed by atoms with E-state index in [1.165, 1.54) is 13.0 Å². The SMILES string of the molecule is CC(C)OC(=O)[C@H](C)NP(=O)(OC[C@@]1(C(F)F)O[C@@H](n2cc(Cl)c(=O)[nH]c2=O)[C@H](O)[C@H]1F)Oc1cccc2ccccc12. The molecule has 2 aromatic carbocycles. The number of aromatic amines is 1. The van der Waals surface area contributed by atoms with Crippen molar-refractivity contribution >= 4 is 36.1 Å². The molecule has 0 radical (unpaired) electrons. The van der Waals surface area contributed by atoms with E-state index in [2.05, 4.69) is 5.09 Å². The van der Waals surface area contributed by atoms with Crippen molar-refractivity contribution in [2.75, 3.05) is 6.61 Å². The highest BCUT2D eigenvalue weighted by molar-refractivity contribution is 7.52. The van der Waals surface area contributed by atoms with Gasteiger partial charge in [0.1, 0.15) is 22.9 Å². The number of H-pyrrole nitrogens is 1. The van der Waals surface area contributed by atoms with Gasteiger partial charge in [-0.3, -0.25) is 23.7 Å². The number of hydrogen-bond acceptors (Lipinski definition) is 9. The van der Waals surface area contributed by atoms with E-state index >= 15 is 4.39 Å². The second-order valence-electron chi connectivity index (χ2n) is 9.98. The Bertz CT molecular complexity index is 1650. The third-order valence-corrected chi connectivity index (χ3v) is 8.33. The first kappa shape index (κ1) is 32.7. The van der Waals surface area contributed by atoms with Gasteiger partial charge < -0.3 is 19.1 Å². The lowest BCUT2D eigenvalue weighted by Gasteiger charge is -2.32. The number of aromatic nitrogens is 2. The minimum atomic E-state index is -4.85. The van der Waals surface area contributed by atoms with E-state index in [9.17, 15) is 32.8 Å². The number of halogens is 4. The molecule has 17 heteroatoms. The number of hydrogen-bond donors (Lipinski definition) is 3. The third kappa shape index (κ3) is 6.82. The molecule has 0 spiro atoms. The molecule has 1 aliphatic rings. The summed E-state index contributed by atoms with van der Waals surface area (Å²) in [5.41, 5.74) is -5.55. The number of rotatable bonds is 11. The molecule has 1 aromatic heterocycles. The molecule has 6 atom stereocenters. The monoisotopic (exact) mass is 649 g/mol. The molecule has 2 heterocycles. The predicted molar refractivity (Wildman–Crippen MR) is 148 cm³/mol. The summed E-state index contributed by atoms with van der Waals surface area (Å²) in [6.45, 7) is 2.90. The average Bonchev–Trinajstić information content (AvgIpc) is 3.20. The second kappa shape index (κ2) is 12.8. The van der Waals surface area contributed by atoms with Gasteiger partial charge in [-0.25, -0.2) is 22.5 Å². The normalized spacial score (nSPS) is 24.3. The summed E-state index contributed by atoms with van der Waals surface area (Å²) >= 11 is 5.72. The average molecular weight is 650 g/mol. The Hall–Kier alpha value is -3.20. The Morgan fingerprint density at radius 1 is 1.21 bits per heavy atom. The highest BCUT2D eigenvalue weighted by Crippen LogP contribution is 2.50. The van der Waals surface area contributed by atoms with Crippen molar-refractivity contribution in [1.29, 1.82) is 0 Å². The molecule has 0 bridgehead atoms. The molecule has 1 aliphatic heterocycles. The molecule has 234 valence electrons. The summed E-state index contributed by atoms with van der Waals surface area (Å²) in [6, 6.07) is 10.1. The topological polar surface area (TPSA) is 158 Å². The number of fused-ring (bicyclic) bond motifs is 1. The van der Waals surface area contributed by atoms with Gasteiger partial charge in [0.2, 0.25) is 0 Å². The molecule has 43 heavy (non-hydrogen) atoms. The van der Waals surface area contributed by atoms with E-state index in [0.29, 0.717) is 21.5 Å². The number of carbonyl (C=O) groups is 1. The van der Waals surface area contributed by atoms with Gasteiger partial charge in [-0.15, -0.1) is 0 Å². The van der Waals surface area contributed by atoms with Crippen LogP contribution in [0.2, 0.25) is 5.02 Å². The van der Waals surface area contributed by atoms with E-state index in [0.717, 1.165) is 0 Å². The van der Waals surface area contributed by atoms with Crippen LogP contribution in [0.3, 0.4) is 0 Å². The summed E-state index contributed by atoms with van der Waals surface area (Å²) in [5.74, 6) is -0.907. The number of nitrogens with one attached hydrogen (secondary N) is 2. The Kier molecular flexibility index (Phi) is 9.74. The minimum Gasteiger partial charge on any atom is -0.462 e. The quantitative estimate of drug-likeness (QED) is 0.207. The van der Waals surface area contributed by atoms with Gasteiger partial charge in [0, 0.05) is 11.6 Å². The summed E-state index contributed by atoms with van der Waals surface area (Å²) in [4.78, 5) is 38.2. The van der Waals surface area contributed by atoms with Crippen LogP contribution in [0.25, 0.3) is 10.8 Å². The Morgan fingerprint density at radius 3 is 2.56 bits per heavy atom. The van der Waals surface area contributed by atoms with Crippen molar-refractivity contribution in [3.05, 3.63) is 74.5 Å². The van der Waals surface area contributed by atoms with Crippen LogP contribution < -0.4 is 20.9 Å². The van der Waals surface area contributed by atoms with Crippen LogP contribution in [0, 0.1) is 0 Å². The highest BCUT2D eigenvalue weighted by Gasteiger charge is 2.63. The smallest absolute Gasteiger partial charge is 0.459 e. The van der Waals surface area contributed by atoms with Crippen LogP contribution in [0.5, 0.6) is 5.75 Å². The van der Waals surface area contributed by atoms with E-state index in [4.69, 9.17) is 30.1 Å². The molecule has 0 saturated carbocycles. The maximum absolute atomic E-state index is 15.5. The van der Waals surface area contributed by atoms with Gasteiger partial charge in [-0.2, -0.15) is 5.09 Å².